The van der Waals surface area contributed by atoms with Gasteiger partial charge in [-0.3, -0.25) is 9.59 Å². The number of hydrogen-bond donors (Lipinski definition) is 1. The zero-order valence-electron chi connectivity index (χ0n) is 11.0. The molecule has 18 heavy (non-hydrogen) atoms. The van der Waals surface area contributed by atoms with Crippen molar-refractivity contribution < 1.29 is 14.3 Å². The fourth-order valence-electron chi connectivity index (χ4n) is 1.31. The summed E-state index contributed by atoms with van der Waals surface area (Å²) in [6.45, 7) is 6.22. The second kappa shape index (κ2) is 6.79. The lowest BCUT2D eigenvalue weighted by Crippen LogP contribution is -2.27. The van der Waals surface area contributed by atoms with Gasteiger partial charge in [0, 0.05) is 12.5 Å². The van der Waals surface area contributed by atoms with Crippen LogP contribution in [0.2, 0.25) is 0 Å². The lowest BCUT2D eigenvalue weighted by molar-refractivity contribution is -0.118. The number of ether oxygens (including phenoxy) is 1. The molecular weight excluding hydrogens is 230 g/mol. The number of nitrogens with one attached hydrogen (secondary N) is 1. The number of carbonyl (C=O) groups excluding carboxylic acids is 2. The maximum absolute atomic E-state index is 11.7. The molecule has 4 heteroatoms. The summed E-state index contributed by atoms with van der Waals surface area (Å²) in [7, 11) is 0. The summed E-state index contributed by atoms with van der Waals surface area (Å²) in [5.74, 6) is 0.895. The molecule has 0 bridgehead atoms. The molecule has 1 amide bonds. The Morgan fingerprint density at radius 1 is 1.22 bits per heavy atom. The van der Waals surface area contributed by atoms with Crippen LogP contribution < -0.4 is 10.1 Å². The Labute approximate surface area is 107 Å². The van der Waals surface area contributed by atoms with Crippen molar-refractivity contribution in [2.75, 3.05) is 13.2 Å². The minimum absolute atomic E-state index is 0.0293. The Morgan fingerprint density at radius 2 is 1.83 bits per heavy atom. The fraction of sp³-hybridized carbons (Fsp3) is 0.429. The lowest BCUT2D eigenvalue weighted by Gasteiger charge is -2.09. The molecule has 0 aliphatic carbocycles. The van der Waals surface area contributed by atoms with E-state index in [-0.39, 0.29) is 18.2 Å². The van der Waals surface area contributed by atoms with Gasteiger partial charge in [0.1, 0.15) is 5.75 Å². The molecule has 0 fully saturated rings. The zero-order chi connectivity index (χ0) is 13.5. The molecule has 0 atom stereocenters. The SMILES string of the molecule is CC(=O)NCC(=O)c1ccc(OCC(C)C)cc1. The van der Waals surface area contributed by atoms with Gasteiger partial charge in [-0.05, 0) is 30.2 Å². The van der Waals surface area contributed by atoms with Crippen molar-refractivity contribution in [3.63, 3.8) is 0 Å². The van der Waals surface area contributed by atoms with E-state index in [0.29, 0.717) is 18.1 Å². The van der Waals surface area contributed by atoms with Gasteiger partial charge in [0.05, 0.1) is 13.2 Å². The molecule has 0 aliphatic rings. The summed E-state index contributed by atoms with van der Waals surface area (Å²) in [6, 6.07) is 6.95. The van der Waals surface area contributed by atoms with Gasteiger partial charge in [-0.25, -0.2) is 0 Å². The summed E-state index contributed by atoms with van der Waals surface area (Å²) in [5.41, 5.74) is 0.570. The van der Waals surface area contributed by atoms with Gasteiger partial charge in [0.2, 0.25) is 5.91 Å². The number of rotatable bonds is 6. The van der Waals surface area contributed by atoms with Gasteiger partial charge in [-0.2, -0.15) is 0 Å². The van der Waals surface area contributed by atoms with Crippen molar-refractivity contribution in [2.24, 2.45) is 5.92 Å². The van der Waals surface area contributed by atoms with Crippen LogP contribution in [0.4, 0.5) is 0 Å². The third-order valence-electron chi connectivity index (χ3n) is 2.26. The van der Waals surface area contributed by atoms with E-state index < -0.39 is 0 Å². The maximum atomic E-state index is 11.7. The van der Waals surface area contributed by atoms with Gasteiger partial charge in [-0.1, -0.05) is 13.8 Å². The molecule has 0 spiro atoms. The molecule has 1 aromatic rings. The maximum Gasteiger partial charge on any atom is 0.217 e. The monoisotopic (exact) mass is 249 g/mol. The molecule has 0 radical (unpaired) electrons. The van der Waals surface area contributed by atoms with Crippen LogP contribution in [0.15, 0.2) is 24.3 Å². The first kappa shape index (κ1) is 14.2. The highest BCUT2D eigenvalue weighted by molar-refractivity contribution is 5.99. The molecule has 0 unspecified atom stereocenters. The van der Waals surface area contributed by atoms with Crippen molar-refractivity contribution in [1.29, 1.82) is 0 Å². The third kappa shape index (κ3) is 4.99. The number of hydrogen-bond acceptors (Lipinski definition) is 3. The van der Waals surface area contributed by atoms with E-state index in [4.69, 9.17) is 4.74 Å². The standard InChI is InChI=1S/C14H19NO3/c1-10(2)9-18-13-6-4-12(5-7-13)14(17)8-15-11(3)16/h4-7,10H,8-9H2,1-3H3,(H,15,16). The van der Waals surface area contributed by atoms with Gasteiger partial charge < -0.3 is 10.1 Å². The van der Waals surface area contributed by atoms with Crippen molar-refractivity contribution in [3.05, 3.63) is 29.8 Å². The quantitative estimate of drug-likeness (QED) is 0.785. The predicted molar refractivity (Wildman–Crippen MR) is 69.8 cm³/mol. The Hall–Kier alpha value is -1.84. The Morgan fingerprint density at radius 3 is 2.33 bits per heavy atom. The Bertz CT molecular complexity index is 410. The molecule has 0 saturated heterocycles. The number of Topliss-reactive ketones (excluding diaryl/α,β-unsaturated/α-hetero) is 1. The van der Waals surface area contributed by atoms with E-state index in [1.807, 2.05) is 0 Å². The molecule has 1 aromatic carbocycles. The van der Waals surface area contributed by atoms with Crippen LogP contribution in [0.5, 0.6) is 5.75 Å². The van der Waals surface area contributed by atoms with Crippen LogP contribution in [-0.2, 0) is 4.79 Å². The van der Waals surface area contributed by atoms with E-state index in [9.17, 15) is 9.59 Å². The molecule has 4 nitrogen and oxygen atoms in total. The first-order valence-electron chi connectivity index (χ1n) is 5.99. The molecule has 1 N–H and O–H groups in total. The summed E-state index contributed by atoms with van der Waals surface area (Å²) in [4.78, 5) is 22.4. The number of ketones is 1. The first-order valence-corrected chi connectivity index (χ1v) is 5.99. The van der Waals surface area contributed by atoms with Gasteiger partial charge >= 0.3 is 0 Å². The highest BCUT2D eigenvalue weighted by atomic mass is 16.5. The van der Waals surface area contributed by atoms with Crippen LogP contribution in [0.25, 0.3) is 0 Å². The molecule has 0 aromatic heterocycles. The van der Waals surface area contributed by atoms with Gasteiger partial charge in [-0.15, -0.1) is 0 Å². The second-order valence-corrected chi connectivity index (χ2v) is 4.56. The largest absolute Gasteiger partial charge is 0.493 e. The summed E-state index contributed by atoms with van der Waals surface area (Å²) in [6.07, 6.45) is 0. The highest BCUT2D eigenvalue weighted by Gasteiger charge is 2.06. The van der Waals surface area contributed by atoms with Crippen molar-refractivity contribution >= 4 is 11.7 Å². The molecule has 98 valence electrons. The minimum atomic E-state index is -0.208. The van der Waals surface area contributed by atoms with E-state index in [1.54, 1.807) is 24.3 Å². The zero-order valence-corrected chi connectivity index (χ0v) is 11.0. The van der Waals surface area contributed by atoms with Crippen molar-refractivity contribution in [1.82, 2.24) is 5.32 Å². The summed E-state index contributed by atoms with van der Waals surface area (Å²) < 4.78 is 5.52. The minimum Gasteiger partial charge on any atom is -0.493 e. The van der Waals surface area contributed by atoms with Crippen molar-refractivity contribution in [3.8, 4) is 5.75 Å². The molecule has 1 rings (SSSR count). The first-order chi connectivity index (χ1) is 8.49. The van der Waals surface area contributed by atoms with E-state index >= 15 is 0 Å². The van der Waals surface area contributed by atoms with Crippen molar-refractivity contribution in [2.45, 2.75) is 20.8 Å². The van der Waals surface area contributed by atoms with E-state index in [0.717, 1.165) is 5.75 Å². The Balaban J connectivity index is 2.53. The summed E-state index contributed by atoms with van der Waals surface area (Å²) >= 11 is 0. The molecule has 0 aliphatic heterocycles. The lowest BCUT2D eigenvalue weighted by atomic mass is 10.1. The molecular formula is C14H19NO3. The average molecular weight is 249 g/mol. The van der Waals surface area contributed by atoms with Crippen LogP contribution in [0.1, 0.15) is 31.1 Å². The molecule has 0 saturated carbocycles. The number of carbonyl (C=O) groups is 2. The van der Waals surface area contributed by atoms with Crippen LogP contribution in [0.3, 0.4) is 0 Å². The van der Waals surface area contributed by atoms with Crippen LogP contribution >= 0.6 is 0 Å². The topological polar surface area (TPSA) is 55.4 Å². The van der Waals surface area contributed by atoms with Gasteiger partial charge in [0.25, 0.3) is 0 Å². The van der Waals surface area contributed by atoms with Crippen LogP contribution in [0, 0.1) is 5.92 Å². The predicted octanol–water partition coefficient (Wildman–Crippen LogP) is 2.04. The fourth-order valence-corrected chi connectivity index (χ4v) is 1.31. The van der Waals surface area contributed by atoms with Crippen LogP contribution in [-0.4, -0.2) is 24.8 Å². The average Bonchev–Trinajstić information content (AvgIpc) is 2.34. The number of benzene rings is 1. The number of amides is 1. The summed E-state index contributed by atoms with van der Waals surface area (Å²) in [5, 5.41) is 2.48. The highest BCUT2D eigenvalue weighted by Crippen LogP contribution is 2.13. The van der Waals surface area contributed by atoms with E-state index in [2.05, 4.69) is 19.2 Å². The van der Waals surface area contributed by atoms with E-state index in [1.165, 1.54) is 6.92 Å². The normalized spacial score (nSPS) is 10.2. The van der Waals surface area contributed by atoms with Gasteiger partial charge in [0.15, 0.2) is 5.78 Å². The smallest absolute Gasteiger partial charge is 0.217 e. The Kier molecular flexibility index (Phi) is 5.36. The third-order valence-corrected chi connectivity index (χ3v) is 2.26. The molecule has 0 heterocycles. The second-order valence-electron chi connectivity index (χ2n) is 4.56.